The van der Waals surface area contributed by atoms with Gasteiger partial charge in [-0.05, 0) is 36.8 Å². The van der Waals surface area contributed by atoms with Crippen LogP contribution in [0.2, 0.25) is 0 Å². The Morgan fingerprint density at radius 1 is 1.35 bits per heavy atom. The van der Waals surface area contributed by atoms with Crippen LogP contribution in [0.15, 0.2) is 42.6 Å². The lowest BCUT2D eigenvalue weighted by Gasteiger charge is -2.06. The molecule has 2 rings (SSSR count). The predicted molar refractivity (Wildman–Crippen MR) is 77.3 cm³/mol. The maximum atomic E-state index is 12.2. The van der Waals surface area contributed by atoms with Gasteiger partial charge in [-0.25, -0.2) is 4.98 Å². The summed E-state index contributed by atoms with van der Waals surface area (Å²) in [5, 5.41) is 11.5. The number of carbonyl (C=O) groups is 1. The van der Waals surface area contributed by atoms with Crippen molar-refractivity contribution in [2.75, 3.05) is 11.9 Å². The highest BCUT2D eigenvalue weighted by Crippen LogP contribution is 2.12. The molecule has 0 aliphatic carbocycles. The number of hydrogen-bond donors (Lipinski definition) is 2. The summed E-state index contributed by atoms with van der Waals surface area (Å²) in [6.07, 6.45) is 1.54. The predicted octanol–water partition coefficient (Wildman–Crippen LogP) is 1.99. The fourth-order valence-electron chi connectivity index (χ4n) is 1.73. The second kappa shape index (κ2) is 6.50. The lowest BCUT2D eigenvalue weighted by Crippen LogP contribution is -2.15. The summed E-state index contributed by atoms with van der Waals surface area (Å²) in [5.74, 6) is 4.92. The number of rotatable bonds is 2. The van der Waals surface area contributed by atoms with E-state index in [4.69, 9.17) is 5.11 Å². The van der Waals surface area contributed by atoms with Crippen LogP contribution in [0.25, 0.3) is 0 Å². The zero-order chi connectivity index (χ0) is 14.4. The van der Waals surface area contributed by atoms with Gasteiger partial charge >= 0.3 is 0 Å². The van der Waals surface area contributed by atoms with Crippen LogP contribution in [0, 0.1) is 18.8 Å². The van der Waals surface area contributed by atoms with E-state index in [0.29, 0.717) is 11.3 Å². The number of nitrogens with zero attached hydrogens (tertiary/aromatic N) is 1. The molecule has 1 heterocycles. The molecule has 4 heteroatoms. The minimum absolute atomic E-state index is 0.245. The van der Waals surface area contributed by atoms with E-state index in [0.717, 1.165) is 5.56 Å². The molecule has 0 unspecified atom stereocenters. The van der Waals surface area contributed by atoms with Gasteiger partial charge in [0.2, 0.25) is 0 Å². The Morgan fingerprint density at radius 2 is 2.20 bits per heavy atom. The van der Waals surface area contributed by atoms with Gasteiger partial charge in [-0.3, -0.25) is 4.79 Å². The van der Waals surface area contributed by atoms with Crippen LogP contribution < -0.4 is 5.32 Å². The van der Waals surface area contributed by atoms with Gasteiger partial charge in [0.25, 0.3) is 5.91 Å². The van der Waals surface area contributed by atoms with Crippen LogP contribution in [0.4, 0.5) is 5.69 Å². The van der Waals surface area contributed by atoms with E-state index in [-0.39, 0.29) is 18.2 Å². The molecule has 0 fully saturated rings. The smallest absolute Gasteiger partial charge is 0.275 e. The molecule has 0 aliphatic heterocycles. The molecule has 0 spiro atoms. The van der Waals surface area contributed by atoms with Crippen molar-refractivity contribution in [3.8, 4) is 11.8 Å². The van der Waals surface area contributed by atoms with Crippen molar-refractivity contribution in [2.24, 2.45) is 0 Å². The normalized spacial score (nSPS) is 9.50. The third-order valence-electron chi connectivity index (χ3n) is 2.60. The van der Waals surface area contributed by atoms with E-state index in [9.17, 15) is 4.79 Å². The third-order valence-corrected chi connectivity index (χ3v) is 2.60. The first kappa shape index (κ1) is 13.8. The summed E-state index contributed by atoms with van der Waals surface area (Å²) in [4.78, 5) is 16.3. The molecule has 4 nitrogen and oxygen atoms in total. The van der Waals surface area contributed by atoms with Crippen LogP contribution >= 0.6 is 0 Å². The number of aromatic nitrogens is 1. The molecule has 0 aliphatic rings. The summed E-state index contributed by atoms with van der Waals surface area (Å²) in [6.45, 7) is 1.70. The van der Waals surface area contributed by atoms with Gasteiger partial charge in [-0.1, -0.05) is 24.0 Å². The molecule has 2 aromatic rings. The fourth-order valence-corrected chi connectivity index (χ4v) is 1.73. The molecule has 0 radical (unpaired) electrons. The summed E-state index contributed by atoms with van der Waals surface area (Å²) in [5.41, 5.74) is 2.51. The van der Waals surface area contributed by atoms with Crippen LogP contribution in [0.3, 0.4) is 0 Å². The molecule has 1 aromatic carbocycles. The molecule has 1 aromatic heterocycles. The molecule has 0 bridgehead atoms. The van der Waals surface area contributed by atoms with Crippen molar-refractivity contribution in [1.29, 1.82) is 0 Å². The number of nitrogens with one attached hydrogen (secondary N) is 1. The van der Waals surface area contributed by atoms with E-state index in [2.05, 4.69) is 22.1 Å². The van der Waals surface area contributed by atoms with Crippen LogP contribution in [0.5, 0.6) is 0 Å². The van der Waals surface area contributed by atoms with E-state index >= 15 is 0 Å². The van der Waals surface area contributed by atoms with E-state index in [1.165, 1.54) is 6.20 Å². The highest BCUT2D eigenvalue weighted by Gasteiger charge is 2.11. The lowest BCUT2D eigenvalue weighted by molar-refractivity contribution is 0.102. The minimum atomic E-state index is -0.321. The fraction of sp³-hybridized carbons (Fsp3) is 0.125. The molecule has 0 saturated carbocycles. The first-order valence-corrected chi connectivity index (χ1v) is 6.13. The van der Waals surface area contributed by atoms with Crippen molar-refractivity contribution in [3.63, 3.8) is 0 Å². The van der Waals surface area contributed by atoms with Crippen molar-refractivity contribution < 1.29 is 9.90 Å². The average molecular weight is 266 g/mol. The number of amides is 1. The average Bonchev–Trinajstić information content (AvgIpc) is 2.45. The van der Waals surface area contributed by atoms with Crippen molar-refractivity contribution in [3.05, 3.63) is 59.4 Å². The molecule has 0 atom stereocenters. The van der Waals surface area contributed by atoms with E-state index in [1.807, 2.05) is 31.2 Å². The molecular weight excluding hydrogens is 252 g/mol. The van der Waals surface area contributed by atoms with E-state index < -0.39 is 0 Å². The molecule has 1 amide bonds. The number of aryl methyl sites for hydroxylation is 1. The Bertz CT molecular complexity index is 684. The highest BCUT2D eigenvalue weighted by atomic mass is 16.2. The summed E-state index contributed by atoms with van der Waals surface area (Å²) < 4.78 is 0. The zero-order valence-corrected chi connectivity index (χ0v) is 11.1. The van der Waals surface area contributed by atoms with Crippen LogP contribution in [-0.4, -0.2) is 22.6 Å². The number of carbonyl (C=O) groups excluding carboxylic acids is 1. The standard InChI is InChI=1S/C16H14N2O2/c1-12-5-2-8-14(11-12)18-16(20)15-13(7-4-10-19)6-3-9-17-15/h2-3,5-6,8-9,11,19H,10H2,1H3,(H,18,20). The number of benzene rings is 1. The number of aliphatic hydroxyl groups excluding tert-OH is 1. The first-order valence-electron chi connectivity index (χ1n) is 6.13. The second-order valence-electron chi connectivity index (χ2n) is 4.18. The van der Waals surface area contributed by atoms with Gasteiger partial charge in [0.15, 0.2) is 0 Å². The zero-order valence-electron chi connectivity index (χ0n) is 11.1. The first-order chi connectivity index (χ1) is 9.70. The van der Waals surface area contributed by atoms with Crippen molar-refractivity contribution in [1.82, 2.24) is 4.98 Å². The number of pyridine rings is 1. The molecule has 0 saturated heterocycles. The third kappa shape index (κ3) is 3.44. The molecule has 100 valence electrons. The summed E-state index contributed by atoms with van der Waals surface area (Å²) in [6, 6.07) is 10.9. The molecule has 2 N–H and O–H groups in total. The quantitative estimate of drug-likeness (QED) is 0.817. The van der Waals surface area contributed by atoms with Gasteiger partial charge in [-0.15, -0.1) is 0 Å². The maximum Gasteiger partial charge on any atom is 0.275 e. The highest BCUT2D eigenvalue weighted by molar-refractivity contribution is 6.04. The Kier molecular flexibility index (Phi) is 4.48. The topological polar surface area (TPSA) is 62.2 Å². The summed E-state index contributed by atoms with van der Waals surface area (Å²) >= 11 is 0. The monoisotopic (exact) mass is 266 g/mol. The maximum absolute atomic E-state index is 12.2. The Balaban J connectivity index is 2.25. The lowest BCUT2D eigenvalue weighted by atomic mass is 10.1. The van der Waals surface area contributed by atoms with Gasteiger partial charge < -0.3 is 10.4 Å². The van der Waals surface area contributed by atoms with Gasteiger partial charge in [0.1, 0.15) is 12.3 Å². The Labute approximate surface area is 117 Å². The SMILES string of the molecule is Cc1cccc(NC(=O)c2ncccc2C#CCO)c1. The Morgan fingerprint density at radius 3 is 2.95 bits per heavy atom. The van der Waals surface area contributed by atoms with Crippen molar-refractivity contribution in [2.45, 2.75) is 6.92 Å². The number of anilines is 1. The molecule has 20 heavy (non-hydrogen) atoms. The number of aliphatic hydroxyl groups is 1. The van der Waals surface area contributed by atoms with Gasteiger partial charge in [0, 0.05) is 11.9 Å². The van der Waals surface area contributed by atoms with Crippen molar-refractivity contribution >= 4 is 11.6 Å². The van der Waals surface area contributed by atoms with Crippen LogP contribution in [-0.2, 0) is 0 Å². The van der Waals surface area contributed by atoms with Crippen LogP contribution in [0.1, 0.15) is 21.6 Å². The van der Waals surface area contributed by atoms with E-state index in [1.54, 1.807) is 12.1 Å². The largest absolute Gasteiger partial charge is 0.384 e. The summed E-state index contributed by atoms with van der Waals surface area (Å²) in [7, 11) is 0. The van der Waals surface area contributed by atoms with Gasteiger partial charge in [-0.2, -0.15) is 0 Å². The minimum Gasteiger partial charge on any atom is -0.384 e. The number of hydrogen-bond acceptors (Lipinski definition) is 3. The van der Waals surface area contributed by atoms with Gasteiger partial charge in [0.05, 0.1) is 5.56 Å². The second-order valence-corrected chi connectivity index (χ2v) is 4.18. The Hall–Kier alpha value is -2.64. The molecular formula is C16H14N2O2.